The summed E-state index contributed by atoms with van der Waals surface area (Å²) in [5.74, 6) is 0.838. The first-order chi connectivity index (χ1) is 8.10. The van der Waals surface area contributed by atoms with Crippen LogP contribution in [0.5, 0.6) is 0 Å². The molecule has 17 heavy (non-hydrogen) atoms. The van der Waals surface area contributed by atoms with E-state index in [0.29, 0.717) is 0 Å². The predicted octanol–water partition coefficient (Wildman–Crippen LogP) is 1.96. The van der Waals surface area contributed by atoms with Gasteiger partial charge in [-0.2, -0.15) is 0 Å². The van der Waals surface area contributed by atoms with E-state index in [4.69, 9.17) is 0 Å². The SMILES string of the molecule is Cn1c(C2(C)CCNC2)nc2ccc(F)cc21. The van der Waals surface area contributed by atoms with Crippen molar-refractivity contribution in [3.05, 3.63) is 29.8 Å². The van der Waals surface area contributed by atoms with Crippen LogP contribution in [-0.4, -0.2) is 22.6 Å². The van der Waals surface area contributed by atoms with Gasteiger partial charge in [-0.05, 0) is 31.2 Å². The number of imidazole rings is 1. The van der Waals surface area contributed by atoms with Crippen LogP contribution in [0.1, 0.15) is 19.2 Å². The fourth-order valence-corrected chi connectivity index (χ4v) is 2.71. The Hall–Kier alpha value is -1.42. The Balaban J connectivity index is 2.20. The van der Waals surface area contributed by atoms with Crippen LogP contribution in [0.2, 0.25) is 0 Å². The van der Waals surface area contributed by atoms with Crippen molar-refractivity contribution in [1.29, 1.82) is 0 Å². The smallest absolute Gasteiger partial charge is 0.125 e. The van der Waals surface area contributed by atoms with Crippen LogP contribution in [0.4, 0.5) is 4.39 Å². The maximum absolute atomic E-state index is 13.2. The summed E-state index contributed by atoms with van der Waals surface area (Å²) in [5.41, 5.74) is 1.80. The van der Waals surface area contributed by atoms with E-state index in [2.05, 4.69) is 17.2 Å². The molecule has 1 aromatic heterocycles. The number of halogens is 1. The van der Waals surface area contributed by atoms with E-state index < -0.39 is 0 Å². The van der Waals surface area contributed by atoms with Crippen molar-refractivity contribution < 1.29 is 4.39 Å². The lowest BCUT2D eigenvalue weighted by Crippen LogP contribution is -2.28. The van der Waals surface area contributed by atoms with Gasteiger partial charge in [-0.3, -0.25) is 0 Å². The number of benzene rings is 1. The molecule has 0 aliphatic carbocycles. The van der Waals surface area contributed by atoms with Gasteiger partial charge >= 0.3 is 0 Å². The average Bonchev–Trinajstić information content (AvgIpc) is 2.86. The van der Waals surface area contributed by atoms with Gasteiger partial charge in [0, 0.05) is 19.0 Å². The minimum absolute atomic E-state index is 0.0598. The van der Waals surface area contributed by atoms with Crippen LogP contribution in [-0.2, 0) is 12.5 Å². The Morgan fingerprint density at radius 1 is 1.47 bits per heavy atom. The second-order valence-corrected chi connectivity index (χ2v) is 5.11. The first-order valence-corrected chi connectivity index (χ1v) is 5.93. The fraction of sp³-hybridized carbons (Fsp3) is 0.462. The molecule has 3 nitrogen and oxygen atoms in total. The number of nitrogens with one attached hydrogen (secondary N) is 1. The molecule has 1 N–H and O–H groups in total. The summed E-state index contributed by atoms with van der Waals surface area (Å²) in [4.78, 5) is 4.66. The van der Waals surface area contributed by atoms with Gasteiger partial charge in [-0.1, -0.05) is 6.92 Å². The molecule has 1 unspecified atom stereocenters. The van der Waals surface area contributed by atoms with E-state index in [1.54, 1.807) is 12.1 Å². The molecule has 1 atom stereocenters. The highest BCUT2D eigenvalue weighted by atomic mass is 19.1. The molecule has 0 spiro atoms. The molecule has 1 fully saturated rings. The fourth-order valence-electron chi connectivity index (χ4n) is 2.71. The molecule has 4 heteroatoms. The summed E-state index contributed by atoms with van der Waals surface area (Å²) in [5, 5.41) is 3.37. The molecular weight excluding hydrogens is 217 g/mol. The Morgan fingerprint density at radius 3 is 3.00 bits per heavy atom. The van der Waals surface area contributed by atoms with E-state index >= 15 is 0 Å². The van der Waals surface area contributed by atoms with Crippen LogP contribution in [0.15, 0.2) is 18.2 Å². The van der Waals surface area contributed by atoms with Crippen molar-refractivity contribution in [3.63, 3.8) is 0 Å². The molecule has 1 aliphatic rings. The number of hydrogen-bond acceptors (Lipinski definition) is 2. The van der Waals surface area contributed by atoms with Gasteiger partial charge in [0.05, 0.1) is 11.0 Å². The normalized spacial score (nSPS) is 24.6. The first kappa shape index (κ1) is 10.7. The van der Waals surface area contributed by atoms with Gasteiger partial charge in [-0.25, -0.2) is 9.37 Å². The number of fused-ring (bicyclic) bond motifs is 1. The van der Waals surface area contributed by atoms with Crippen LogP contribution in [0, 0.1) is 5.82 Å². The molecule has 3 rings (SSSR count). The standard InChI is InChI=1S/C13H16FN3/c1-13(5-6-15-8-13)12-16-10-4-3-9(14)7-11(10)17(12)2/h3-4,7,15H,5-6,8H2,1-2H3. The monoisotopic (exact) mass is 233 g/mol. The summed E-state index contributed by atoms with van der Waals surface area (Å²) in [6.07, 6.45) is 1.08. The van der Waals surface area contributed by atoms with Gasteiger partial charge in [0.15, 0.2) is 0 Å². The average molecular weight is 233 g/mol. The zero-order chi connectivity index (χ0) is 12.0. The molecular formula is C13H16FN3. The summed E-state index contributed by atoms with van der Waals surface area (Å²) in [7, 11) is 1.97. The number of aryl methyl sites for hydroxylation is 1. The van der Waals surface area contributed by atoms with Gasteiger partial charge in [0.25, 0.3) is 0 Å². The second kappa shape index (κ2) is 3.53. The Labute approximate surface area is 99.7 Å². The summed E-state index contributed by atoms with van der Waals surface area (Å²) < 4.78 is 15.3. The summed E-state index contributed by atoms with van der Waals surface area (Å²) in [6.45, 7) is 4.17. The van der Waals surface area contributed by atoms with Gasteiger partial charge < -0.3 is 9.88 Å². The van der Waals surface area contributed by atoms with Gasteiger partial charge in [0.2, 0.25) is 0 Å². The molecule has 0 amide bonds. The molecule has 0 bridgehead atoms. The lowest BCUT2D eigenvalue weighted by Gasteiger charge is -2.21. The number of hydrogen-bond donors (Lipinski definition) is 1. The summed E-state index contributed by atoms with van der Waals surface area (Å²) in [6, 6.07) is 4.77. The molecule has 1 aromatic carbocycles. The molecule has 2 aromatic rings. The van der Waals surface area contributed by atoms with Crippen LogP contribution in [0.3, 0.4) is 0 Å². The van der Waals surface area contributed by atoms with E-state index in [1.165, 1.54) is 6.07 Å². The topological polar surface area (TPSA) is 29.9 Å². The minimum Gasteiger partial charge on any atom is -0.331 e. The highest BCUT2D eigenvalue weighted by molar-refractivity contribution is 5.76. The second-order valence-electron chi connectivity index (χ2n) is 5.11. The van der Waals surface area contributed by atoms with Gasteiger partial charge in [-0.15, -0.1) is 0 Å². The van der Waals surface area contributed by atoms with Crippen LogP contribution in [0.25, 0.3) is 11.0 Å². The lowest BCUT2D eigenvalue weighted by atomic mass is 9.89. The third-order valence-corrected chi connectivity index (χ3v) is 3.75. The van der Waals surface area contributed by atoms with Crippen molar-refractivity contribution in [2.45, 2.75) is 18.8 Å². The highest BCUT2D eigenvalue weighted by Crippen LogP contribution is 2.31. The minimum atomic E-state index is -0.207. The number of nitrogens with zero attached hydrogens (tertiary/aromatic N) is 2. The largest absolute Gasteiger partial charge is 0.331 e. The Bertz CT molecular complexity index is 567. The zero-order valence-corrected chi connectivity index (χ0v) is 10.1. The lowest BCUT2D eigenvalue weighted by molar-refractivity contribution is 0.475. The van der Waals surface area contributed by atoms with E-state index in [-0.39, 0.29) is 11.2 Å². The van der Waals surface area contributed by atoms with E-state index in [1.807, 2.05) is 11.6 Å². The van der Waals surface area contributed by atoms with Gasteiger partial charge in [0.1, 0.15) is 11.6 Å². The maximum atomic E-state index is 13.2. The predicted molar refractivity (Wildman–Crippen MR) is 65.5 cm³/mol. The zero-order valence-electron chi connectivity index (χ0n) is 10.1. The third-order valence-electron chi connectivity index (χ3n) is 3.75. The Morgan fingerprint density at radius 2 is 2.29 bits per heavy atom. The van der Waals surface area contributed by atoms with Crippen molar-refractivity contribution in [2.75, 3.05) is 13.1 Å². The molecule has 2 heterocycles. The molecule has 0 radical (unpaired) electrons. The van der Waals surface area contributed by atoms with Crippen molar-refractivity contribution in [3.8, 4) is 0 Å². The molecule has 1 aliphatic heterocycles. The molecule has 0 saturated carbocycles. The quantitative estimate of drug-likeness (QED) is 0.816. The van der Waals surface area contributed by atoms with E-state index in [9.17, 15) is 4.39 Å². The molecule has 90 valence electrons. The van der Waals surface area contributed by atoms with Crippen molar-refractivity contribution >= 4 is 11.0 Å². The van der Waals surface area contributed by atoms with E-state index in [0.717, 1.165) is 36.4 Å². The number of aromatic nitrogens is 2. The number of rotatable bonds is 1. The van der Waals surface area contributed by atoms with Crippen molar-refractivity contribution in [1.82, 2.24) is 14.9 Å². The highest BCUT2D eigenvalue weighted by Gasteiger charge is 2.34. The molecule has 1 saturated heterocycles. The van der Waals surface area contributed by atoms with Crippen molar-refractivity contribution in [2.24, 2.45) is 7.05 Å². The third kappa shape index (κ3) is 1.55. The maximum Gasteiger partial charge on any atom is 0.125 e. The summed E-state index contributed by atoms with van der Waals surface area (Å²) >= 11 is 0. The van der Waals surface area contributed by atoms with Crippen LogP contribution < -0.4 is 5.32 Å². The van der Waals surface area contributed by atoms with Crippen LogP contribution >= 0.6 is 0 Å². The first-order valence-electron chi connectivity index (χ1n) is 5.93. The Kier molecular flexibility index (Phi) is 2.23.